The van der Waals surface area contributed by atoms with Crippen LogP contribution in [0.3, 0.4) is 0 Å². The first-order valence-corrected chi connectivity index (χ1v) is 5.36. The molecule has 13 heavy (non-hydrogen) atoms. The minimum Gasteiger partial charge on any atom is -0.330 e. The minimum atomic E-state index is 0.126. The van der Waals surface area contributed by atoms with Crippen molar-refractivity contribution in [3.8, 4) is 0 Å². The van der Waals surface area contributed by atoms with Crippen LogP contribution < -0.4 is 5.73 Å². The third-order valence-electron chi connectivity index (χ3n) is 2.68. The summed E-state index contributed by atoms with van der Waals surface area (Å²) in [7, 11) is 0. The van der Waals surface area contributed by atoms with Crippen molar-refractivity contribution in [2.75, 3.05) is 6.54 Å². The number of hydrogen-bond donors (Lipinski definition) is 1. The molecule has 1 atom stereocenters. The molecule has 1 aliphatic rings. The summed E-state index contributed by atoms with van der Waals surface area (Å²) < 4.78 is 0. The number of Topliss-reactive ketones (excluding diaryl/α,β-unsaturated/α-hetero) is 1. The molecular formula is C11H21NO. The van der Waals surface area contributed by atoms with E-state index >= 15 is 0 Å². The molecule has 0 spiro atoms. The topological polar surface area (TPSA) is 43.1 Å². The number of carbonyl (C=O) groups excluding carboxylic acids is 1. The van der Waals surface area contributed by atoms with Crippen molar-refractivity contribution < 1.29 is 4.79 Å². The molecule has 1 rings (SSSR count). The molecule has 2 N–H and O–H groups in total. The zero-order chi connectivity index (χ0) is 9.84. The lowest BCUT2D eigenvalue weighted by atomic mass is 9.91. The Labute approximate surface area is 80.9 Å². The first-order valence-electron chi connectivity index (χ1n) is 5.36. The number of ketones is 1. The normalized spacial score (nSPS) is 19.1. The first kappa shape index (κ1) is 10.7. The molecule has 1 saturated carbocycles. The third-order valence-corrected chi connectivity index (χ3v) is 2.68. The predicted octanol–water partition coefficient (Wildman–Crippen LogP) is 1.98. The summed E-state index contributed by atoms with van der Waals surface area (Å²) in [6.07, 6.45) is 4.26. The van der Waals surface area contributed by atoms with E-state index < -0.39 is 0 Å². The molecule has 0 heterocycles. The van der Waals surface area contributed by atoms with Gasteiger partial charge >= 0.3 is 0 Å². The number of hydrogen-bond acceptors (Lipinski definition) is 2. The van der Waals surface area contributed by atoms with E-state index in [1.807, 2.05) is 0 Å². The zero-order valence-corrected chi connectivity index (χ0v) is 8.75. The second-order valence-corrected chi connectivity index (χ2v) is 4.68. The Morgan fingerprint density at radius 2 is 2.08 bits per heavy atom. The smallest absolute Gasteiger partial charge is 0.137 e. The summed E-state index contributed by atoms with van der Waals surface area (Å²) >= 11 is 0. The van der Waals surface area contributed by atoms with Crippen LogP contribution in [0.25, 0.3) is 0 Å². The lowest BCUT2D eigenvalue weighted by Gasteiger charge is -2.15. The summed E-state index contributed by atoms with van der Waals surface area (Å²) in [5.41, 5.74) is 5.60. The highest BCUT2D eigenvalue weighted by Gasteiger charge is 2.27. The van der Waals surface area contributed by atoms with Gasteiger partial charge in [-0.25, -0.2) is 0 Å². The molecule has 0 saturated heterocycles. The van der Waals surface area contributed by atoms with Crippen LogP contribution >= 0.6 is 0 Å². The van der Waals surface area contributed by atoms with E-state index in [0.29, 0.717) is 24.2 Å². The Bertz CT molecular complexity index is 173. The van der Waals surface area contributed by atoms with Gasteiger partial charge in [0.1, 0.15) is 5.78 Å². The fourth-order valence-electron chi connectivity index (χ4n) is 1.70. The van der Waals surface area contributed by atoms with Gasteiger partial charge in [-0.15, -0.1) is 0 Å². The molecule has 1 unspecified atom stereocenters. The SMILES string of the molecule is CC(C)CC(CN)C(=O)CC1CC1. The van der Waals surface area contributed by atoms with E-state index in [-0.39, 0.29) is 5.92 Å². The second-order valence-electron chi connectivity index (χ2n) is 4.68. The van der Waals surface area contributed by atoms with Gasteiger partial charge in [0.25, 0.3) is 0 Å². The molecule has 2 heteroatoms. The van der Waals surface area contributed by atoms with E-state index in [1.165, 1.54) is 12.8 Å². The Morgan fingerprint density at radius 1 is 1.46 bits per heavy atom. The van der Waals surface area contributed by atoms with Crippen molar-refractivity contribution in [2.45, 2.75) is 39.5 Å². The summed E-state index contributed by atoms with van der Waals surface area (Å²) in [5, 5.41) is 0. The summed E-state index contributed by atoms with van der Waals surface area (Å²) in [5.74, 6) is 1.81. The summed E-state index contributed by atoms with van der Waals surface area (Å²) in [6, 6.07) is 0. The number of rotatable bonds is 6. The standard InChI is InChI=1S/C11H21NO/c1-8(2)5-10(7-12)11(13)6-9-3-4-9/h8-10H,3-7,12H2,1-2H3. The highest BCUT2D eigenvalue weighted by molar-refractivity contribution is 5.81. The largest absolute Gasteiger partial charge is 0.330 e. The van der Waals surface area contributed by atoms with Crippen LogP contribution in [0.5, 0.6) is 0 Å². The van der Waals surface area contributed by atoms with Crippen LogP contribution in [0.15, 0.2) is 0 Å². The fraction of sp³-hybridized carbons (Fsp3) is 0.909. The van der Waals surface area contributed by atoms with Gasteiger partial charge in [0.05, 0.1) is 0 Å². The van der Waals surface area contributed by atoms with Gasteiger partial charge in [-0.2, -0.15) is 0 Å². The maximum atomic E-state index is 11.7. The van der Waals surface area contributed by atoms with Gasteiger partial charge < -0.3 is 5.73 Å². The lowest BCUT2D eigenvalue weighted by molar-refractivity contribution is -0.123. The summed E-state index contributed by atoms with van der Waals surface area (Å²) in [6.45, 7) is 4.82. The molecule has 0 aromatic heterocycles. The van der Waals surface area contributed by atoms with Crippen molar-refractivity contribution in [3.05, 3.63) is 0 Å². The third kappa shape index (κ3) is 3.90. The van der Waals surface area contributed by atoms with Crippen LogP contribution in [-0.4, -0.2) is 12.3 Å². The highest BCUT2D eigenvalue weighted by atomic mass is 16.1. The molecule has 1 fully saturated rings. The highest BCUT2D eigenvalue weighted by Crippen LogP contribution is 2.33. The molecule has 0 aromatic rings. The van der Waals surface area contributed by atoms with Crippen LogP contribution in [0.4, 0.5) is 0 Å². The average Bonchev–Trinajstić information content (AvgIpc) is 2.83. The zero-order valence-electron chi connectivity index (χ0n) is 8.75. The monoisotopic (exact) mass is 183 g/mol. The molecule has 76 valence electrons. The Balaban J connectivity index is 2.30. The maximum Gasteiger partial charge on any atom is 0.137 e. The Hall–Kier alpha value is -0.370. The molecule has 2 nitrogen and oxygen atoms in total. The van der Waals surface area contributed by atoms with Gasteiger partial charge in [0.2, 0.25) is 0 Å². The van der Waals surface area contributed by atoms with E-state index in [9.17, 15) is 4.79 Å². The van der Waals surface area contributed by atoms with Gasteiger partial charge in [-0.3, -0.25) is 4.79 Å². The lowest BCUT2D eigenvalue weighted by Crippen LogP contribution is -2.25. The quantitative estimate of drug-likeness (QED) is 0.684. The van der Waals surface area contributed by atoms with Crippen molar-refractivity contribution in [1.29, 1.82) is 0 Å². The van der Waals surface area contributed by atoms with Gasteiger partial charge in [-0.1, -0.05) is 13.8 Å². The van der Waals surface area contributed by atoms with Crippen molar-refractivity contribution >= 4 is 5.78 Å². The van der Waals surface area contributed by atoms with E-state index in [1.54, 1.807) is 0 Å². The van der Waals surface area contributed by atoms with Crippen LogP contribution in [0, 0.1) is 17.8 Å². The number of carbonyl (C=O) groups is 1. The van der Waals surface area contributed by atoms with Crippen LogP contribution in [-0.2, 0) is 4.79 Å². The Morgan fingerprint density at radius 3 is 2.46 bits per heavy atom. The predicted molar refractivity (Wildman–Crippen MR) is 54.3 cm³/mol. The van der Waals surface area contributed by atoms with E-state index in [0.717, 1.165) is 12.8 Å². The van der Waals surface area contributed by atoms with E-state index in [2.05, 4.69) is 13.8 Å². The maximum absolute atomic E-state index is 11.7. The molecule has 0 aliphatic heterocycles. The van der Waals surface area contributed by atoms with Gasteiger partial charge in [0.15, 0.2) is 0 Å². The van der Waals surface area contributed by atoms with Crippen LogP contribution in [0.2, 0.25) is 0 Å². The Kier molecular flexibility index (Phi) is 3.91. The molecule has 0 aromatic carbocycles. The minimum absolute atomic E-state index is 0.126. The molecular weight excluding hydrogens is 162 g/mol. The summed E-state index contributed by atoms with van der Waals surface area (Å²) in [4.78, 5) is 11.7. The van der Waals surface area contributed by atoms with Crippen molar-refractivity contribution in [1.82, 2.24) is 0 Å². The average molecular weight is 183 g/mol. The number of nitrogens with two attached hydrogens (primary N) is 1. The second kappa shape index (κ2) is 4.75. The van der Waals surface area contributed by atoms with Crippen LogP contribution in [0.1, 0.15) is 39.5 Å². The van der Waals surface area contributed by atoms with Crippen molar-refractivity contribution in [3.63, 3.8) is 0 Å². The molecule has 1 aliphatic carbocycles. The first-order chi connectivity index (χ1) is 6.13. The molecule has 0 radical (unpaired) electrons. The van der Waals surface area contributed by atoms with Gasteiger partial charge in [0, 0.05) is 18.9 Å². The van der Waals surface area contributed by atoms with E-state index in [4.69, 9.17) is 5.73 Å². The molecule has 0 bridgehead atoms. The van der Waals surface area contributed by atoms with Gasteiger partial charge in [-0.05, 0) is 31.1 Å². The van der Waals surface area contributed by atoms with Crippen molar-refractivity contribution in [2.24, 2.45) is 23.5 Å². The molecule has 0 amide bonds. The fourth-order valence-corrected chi connectivity index (χ4v) is 1.70.